The van der Waals surface area contributed by atoms with E-state index in [0.717, 1.165) is 31.5 Å². The average Bonchev–Trinajstić information content (AvgIpc) is 2.94. The van der Waals surface area contributed by atoms with Crippen LogP contribution in [-0.4, -0.2) is 54.9 Å². The summed E-state index contributed by atoms with van der Waals surface area (Å²) in [5, 5.41) is 8.17. The van der Waals surface area contributed by atoms with Crippen LogP contribution in [-0.2, 0) is 10.0 Å². The zero-order chi connectivity index (χ0) is 27.2. The molecule has 0 spiro atoms. The Morgan fingerprint density at radius 3 is 2.79 bits per heavy atom. The predicted octanol–water partition coefficient (Wildman–Crippen LogP) is 5.06. The second kappa shape index (κ2) is 11.9. The van der Waals surface area contributed by atoms with Gasteiger partial charge in [0.2, 0.25) is 21.9 Å². The molecule has 3 N–H and O–H groups in total. The molecule has 1 aliphatic heterocycles. The van der Waals surface area contributed by atoms with Crippen molar-refractivity contribution in [2.24, 2.45) is 0 Å². The first kappa shape index (κ1) is 26.8. The third-order valence-corrected chi connectivity index (χ3v) is 7.91. The molecule has 2 aromatic heterocycles. The highest BCUT2D eigenvalue weighted by molar-refractivity contribution is 7.92. The van der Waals surface area contributed by atoms with Crippen molar-refractivity contribution in [3.05, 3.63) is 66.5 Å². The minimum Gasteiger partial charge on any atom is -0.437 e. The van der Waals surface area contributed by atoms with E-state index in [4.69, 9.17) is 9.72 Å². The fourth-order valence-corrected chi connectivity index (χ4v) is 5.73. The highest BCUT2D eigenvalue weighted by atomic mass is 32.2. The number of rotatable bonds is 10. The highest BCUT2D eigenvalue weighted by Gasteiger charge is 2.18. The summed E-state index contributed by atoms with van der Waals surface area (Å²) in [5.41, 5.74) is 2.62. The Balaban J connectivity index is 1.47. The Bertz CT molecular complexity index is 1560. The smallest absolute Gasteiger partial charge is 0.232 e. The monoisotopic (exact) mass is 550 g/mol. The zero-order valence-electron chi connectivity index (χ0n) is 21.7. The van der Waals surface area contributed by atoms with Gasteiger partial charge >= 0.3 is 0 Å². The zero-order valence-corrected chi connectivity index (χ0v) is 22.5. The third-order valence-electron chi connectivity index (χ3n) is 6.55. The molecule has 0 bridgehead atoms. The topological polar surface area (TPSA) is 118 Å². The molecule has 0 aliphatic carbocycles. The summed E-state index contributed by atoms with van der Waals surface area (Å²) in [6.45, 7) is 3.11. The lowest BCUT2D eigenvalue weighted by Crippen LogP contribution is -2.38. The van der Waals surface area contributed by atoms with E-state index in [1.807, 2.05) is 43.3 Å². The van der Waals surface area contributed by atoms with Gasteiger partial charge in [0.1, 0.15) is 5.75 Å². The van der Waals surface area contributed by atoms with Crippen molar-refractivity contribution < 1.29 is 17.5 Å². The molecule has 9 nitrogen and oxygen atoms in total. The van der Waals surface area contributed by atoms with Gasteiger partial charge in [-0.1, -0.05) is 24.3 Å². The first-order valence-corrected chi connectivity index (χ1v) is 14.6. The van der Waals surface area contributed by atoms with Crippen molar-refractivity contribution in [2.75, 3.05) is 35.6 Å². The number of nitrogens with one attached hydrogen (secondary N) is 3. The van der Waals surface area contributed by atoms with Crippen molar-refractivity contribution in [3.8, 4) is 22.9 Å². The Kier molecular flexibility index (Phi) is 8.18. The molecule has 0 amide bonds. The van der Waals surface area contributed by atoms with E-state index in [1.165, 1.54) is 0 Å². The molecule has 39 heavy (non-hydrogen) atoms. The number of piperidine rings is 1. The molecule has 204 valence electrons. The van der Waals surface area contributed by atoms with Gasteiger partial charge < -0.3 is 15.4 Å². The van der Waals surface area contributed by atoms with E-state index in [9.17, 15) is 12.8 Å². The minimum absolute atomic E-state index is 0.0617. The van der Waals surface area contributed by atoms with Crippen molar-refractivity contribution in [2.45, 2.75) is 32.2 Å². The largest absolute Gasteiger partial charge is 0.437 e. The van der Waals surface area contributed by atoms with Crippen molar-refractivity contribution >= 4 is 32.4 Å². The maximum absolute atomic E-state index is 12.6. The molecule has 4 aromatic rings. The number of nitrogens with zero attached hydrogens (tertiary/aromatic N) is 3. The van der Waals surface area contributed by atoms with Crippen LogP contribution in [0.5, 0.6) is 11.6 Å². The number of aromatic nitrogens is 3. The molecule has 1 unspecified atom stereocenters. The number of benzene rings is 2. The van der Waals surface area contributed by atoms with Gasteiger partial charge in [-0.25, -0.2) is 23.4 Å². The van der Waals surface area contributed by atoms with Crippen molar-refractivity contribution in [1.82, 2.24) is 20.3 Å². The van der Waals surface area contributed by atoms with Crippen LogP contribution in [0.1, 0.15) is 24.8 Å². The Morgan fingerprint density at radius 2 is 1.97 bits per heavy atom. The molecule has 3 heterocycles. The second-order valence-corrected chi connectivity index (χ2v) is 11.3. The van der Waals surface area contributed by atoms with E-state index >= 15 is 0 Å². The predicted molar refractivity (Wildman–Crippen MR) is 152 cm³/mol. The molecule has 2 aromatic carbocycles. The number of anilines is 2. The number of halogens is 1. The third kappa shape index (κ3) is 6.43. The quantitative estimate of drug-likeness (QED) is 0.251. The summed E-state index contributed by atoms with van der Waals surface area (Å²) in [5.74, 6) is 1.17. The van der Waals surface area contributed by atoms with E-state index in [1.54, 1.807) is 24.5 Å². The van der Waals surface area contributed by atoms with Crippen molar-refractivity contribution in [3.63, 3.8) is 0 Å². The van der Waals surface area contributed by atoms with E-state index in [0.29, 0.717) is 45.3 Å². The van der Waals surface area contributed by atoms with Gasteiger partial charge in [-0.3, -0.25) is 9.11 Å². The molecule has 5 rings (SSSR count). The van der Waals surface area contributed by atoms with Crippen LogP contribution in [0.15, 0.2) is 60.9 Å². The summed E-state index contributed by atoms with van der Waals surface area (Å²) in [4.78, 5) is 13.6. The molecule has 0 saturated carbocycles. The van der Waals surface area contributed by atoms with E-state index in [2.05, 4.69) is 25.3 Å². The van der Waals surface area contributed by atoms with Gasteiger partial charge in [-0.05, 0) is 62.6 Å². The standard InChI is InChI=1S/C28H31FN6O3S/c1-19-10-11-21-22(7-2-9-25(21)35-39(36,37)17-5-13-29)26(19)38-27-23(8-4-15-31-27)24-12-16-32-28(34-24)33-20-6-3-14-30-18-20/h2,4,7-12,15-16,20,30,35H,3,5-6,13-14,17-18H2,1H3,(H,32,33,34). The van der Waals surface area contributed by atoms with E-state index in [-0.39, 0.29) is 18.2 Å². The SMILES string of the molecule is Cc1ccc2c(NS(=O)(=O)CCCF)cccc2c1Oc1ncccc1-c1ccnc(NC2CCCNC2)n1. The normalized spacial score (nSPS) is 15.7. The van der Waals surface area contributed by atoms with Gasteiger partial charge in [-0.15, -0.1) is 0 Å². The summed E-state index contributed by atoms with van der Waals surface area (Å²) < 4.78 is 46.5. The maximum Gasteiger partial charge on any atom is 0.232 e. The van der Waals surface area contributed by atoms with Crippen LogP contribution in [0.3, 0.4) is 0 Å². The summed E-state index contributed by atoms with van der Waals surface area (Å²) in [7, 11) is -3.70. The molecule has 0 radical (unpaired) electrons. The Hall–Kier alpha value is -3.83. The van der Waals surface area contributed by atoms with Gasteiger partial charge in [0.05, 0.1) is 29.4 Å². The lowest BCUT2D eigenvalue weighted by atomic mass is 10.0. The molecule has 1 saturated heterocycles. The maximum atomic E-state index is 12.6. The number of sulfonamides is 1. The lowest BCUT2D eigenvalue weighted by Gasteiger charge is -2.23. The van der Waals surface area contributed by atoms with Crippen LogP contribution in [0.4, 0.5) is 16.0 Å². The second-order valence-electron chi connectivity index (χ2n) is 9.49. The lowest BCUT2D eigenvalue weighted by molar-refractivity contribution is 0.466. The number of ether oxygens (including phenoxy) is 1. The van der Waals surface area contributed by atoms with Crippen LogP contribution in [0.2, 0.25) is 0 Å². The molecule has 1 aliphatic rings. The first-order valence-electron chi connectivity index (χ1n) is 13.0. The molecular weight excluding hydrogens is 519 g/mol. The number of hydrogen-bond donors (Lipinski definition) is 3. The minimum atomic E-state index is -3.70. The van der Waals surface area contributed by atoms with Crippen LogP contribution in [0, 0.1) is 6.92 Å². The van der Waals surface area contributed by atoms with Crippen molar-refractivity contribution in [1.29, 1.82) is 0 Å². The van der Waals surface area contributed by atoms with E-state index < -0.39 is 16.7 Å². The Labute approximate surface area is 227 Å². The van der Waals surface area contributed by atoms with Gasteiger partial charge in [0.25, 0.3) is 0 Å². The van der Waals surface area contributed by atoms with Crippen LogP contribution < -0.4 is 20.1 Å². The van der Waals surface area contributed by atoms with Crippen LogP contribution in [0.25, 0.3) is 22.0 Å². The summed E-state index contributed by atoms with van der Waals surface area (Å²) in [6, 6.07) is 14.8. The molecule has 11 heteroatoms. The average molecular weight is 551 g/mol. The van der Waals surface area contributed by atoms with Gasteiger partial charge in [0, 0.05) is 35.8 Å². The molecule has 1 atom stereocenters. The van der Waals surface area contributed by atoms with Gasteiger partial charge in [-0.2, -0.15) is 0 Å². The number of alkyl halides is 1. The first-order chi connectivity index (χ1) is 18.9. The fraction of sp³-hybridized carbons (Fsp3) is 0.321. The number of hydrogen-bond acceptors (Lipinski definition) is 8. The summed E-state index contributed by atoms with van der Waals surface area (Å²) in [6.07, 6.45) is 5.45. The van der Waals surface area contributed by atoms with Crippen LogP contribution >= 0.6 is 0 Å². The molecule has 1 fully saturated rings. The fourth-order valence-electron chi connectivity index (χ4n) is 4.63. The summed E-state index contributed by atoms with van der Waals surface area (Å²) >= 11 is 0. The number of fused-ring (bicyclic) bond motifs is 1. The van der Waals surface area contributed by atoms with Gasteiger partial charge in [0.15, 0.2) is 0 Å². The highest BCUT2D eigenvalue weighted by Crippen LogP contribution is 2.38. The molecular formula is C28H31FN6O3S. The number of pyridine rings is 1. The Morgan fingerprint density at radius 1 is 1.08 bits per heavy atom. The number of aryl methyl sites for hydroxylation is 1.